The molecule has 5 nitrogen and oxygen atoms in total. The van der Waals surface area contributed by atoms with Crippen LogP contribution in [0.15, 0.2) is 53.6 Å². The number of nitrogens with zero attached hydrogens (tertiary/aromatic N) is 1. The number of anilines is 1. The maximum Gasteiger partial charge on any atom is 0.339 e. The molecule has 0 aliphatic carbocycles. The molecule has 0 bridgehead atoms. The van der Waals surface area contributed by atoms with Gasteiger partial charge in [-0.05, 0) is 74.9 Å². The van der Waals surface area contributed by atoms with Gasteiger partial charge < -0.3 is 10.1 Å². The Balaban J connectivity index is 1.84. The van der Waals surface area contributed by atoms with Crippen molar-refractivity contribution in [1.82, 2.24) is 5.43 Å². The van der Waals surface area contributed by atoms with Crippen LogP contribution in [-0.4, -0.2) is 17.8 Å². The lowest BCUT2D eigenvalue weighted by Gasteiger charge is -2.21. The molecule has 0 saturated carbocycles. The Labute approximate surface area is 146 Å². The van der Waals surface area contributed by atoms with E-state index in [4.69, 9.17) is 16.3 Å². The molecule has 2 amide bonds. The van der Waals surface area contributed by atoms with E-state index in [1.807, 2.05) is 45.0 Å². The van der Waals surface area contributed by atoms with Crippen LogP contribution >= 0.6 is 11.6 Å². The minimum absolute atomic E-state index is 0.239. The van der Waals surface area contributed by atoms with Crippen LogP contribution < -0.4 is 15.5 Å². The van der Waals surface area contributed by atoms with Crippen LogP contribution in [0.1, 0.15) is 26.3 Å². The van der Waals surface area contributed by atoms with Crippen molar-refractivity contribution >= 4 is 29.5 Å². The summed E-state index contributed by atoms with van der Waals surface area (Å²) in [6, 6.07) is 13.8. The van der Waals surface area contributed by atoms with Crippen LogP contribution in [0.3, 0.4) is 0 Å². The van der Waals surface area contributed by atoms with Gasteiger partial charge in [0.25, 0.3) is 0 Å². The molecule has 0 aliphatic rings. The van der Waals surface area contributed by atoms with Crippen molar-refractivity contribution in [2.45, 2.75) is 26.4 Å². The van der Waals surface area contributed by atoms with Crippen LogP contribution in [-0.2, 0) is 0 Å². The Hall–Kier alpha value is -2.53. The molecule has 2 aromatic rings. The molecular formula is C18H20ClN3O2. The summed E-state index contributed by atoms with van der Waals surface area (Å²) in [5, 5.41) is 7.16. The summed E-state index contributed by atoms with van der Waals surface area (Å²) in [5.74, 6) is 0.785. The summed E-state index contributed by atoms with van der Waals surface area (Å²) in [6.45, 7) is 5.97. The molecule has 2 aromatic carbocycles. The Bertz CT molecular complexity index is 705. The molecule has 0 aliphatic heterocycles. The summed E-state index contributed by atoms with van der Waals surface area (Å²) in [4.78, 5) is 11.7. The van der Waals surface area contributed by atoms with Crippen LogP contribution in [0, 0.1) is 0 Å². The first-order valence-electron chi connectivity index (χ1n) is 7.46. The highest BCUT2D eigenvalue weighted by Crippen LogP contribution is 2.18. The van der Waals surface area contributed by atoms with E-state index in [1.165, 1.54) is 0 Å². The number of benzene rings is 2. The molecule has 0 unspecified atom stereocenters. The maximum absolute atomic E-state index is 11.7. The number of halogens is 1. The number of carbonyl (C=O) groups excluding carboxylic acids is 1. The average Bonchev–Trinajstić information content (AvgIpc) is 2.50. The molecule has 0 fully saturated rings. The van der Waals surface area contributed by atoms with Crippen molar-refractivity contribution in [3.63, 3.8) is 0 Å². The molecule has 24 heavy (non-hydrogen) atoms. The van der Waals surface area contributed by atoms with E-state index in [9.17, 15) is 4.79 Å². The van der Waals surface area contributed by atoms with Gasteiger partial charge in [0.2, 0.25) is 0 Å². The topological polar surface area (TPSA) is 62.7 Å². The third kappa shape index (κ3) is 6.30. The smallest absolute Gasteiger partial charge is 0.339 e. The fourth-order valence-electron chi connectivity index (χ4n) is 1.83. The second-order valence-corrected chi connectivity index (χ2v) is 6.55. The molecule has 2 N–H and O–H groups in total. The zero-order valence-electron chi connectivity index (χ0n) is 13.8. The van der Waals surface area contributed by atoms with Gasteiger partial charge in [-0.15, -0.1) is 0 Å². The van der Waals surface area contributed by atoms with Crippen molar-refractivity contribution in [3.05, 3.63) is 59.1 Å². The fraction of sp³-hybridized carbons (Fsp3) is 0.222. The van der Waals surface area contributed by atoms with E-state index in [0.717, 1.165) is 11.3 Å². The highest BCUT2D eigenvalue weighted by Gasteiger charge is 2.11. The Morgan fingerprint density at radius 1 is 1.08 bits per heavy atom. The molecular weight excluding hydrogens is 326 g/mol. The largest absolute Gasteiger partial charge is 0.488 e. The number of hydrazone groups is 1. The maximum atomic E-state index is 11.7. The first kappa shape index (κ1) is 17.8. The number of ether oxygens (including phenoxy) is 1. The second kappa shape index (κ2) is 7.84. The minimum Gasteiger partial charge on any atom is -0.488 e. The van der Waals surface area contributed by atoms with E-state index in [0.29, 0.717) is 10.7 Å². The molecule has 6 heteroatoms. The molecule has 126 valence electrons. The van der Waals surface area contributed by atoms with Gasteiger partial charge in [-0.25, -0.2) is 10.2 Å². The summed E-state index contributed by atoms with van der Waals surface area (Å²) < 4.78 is 5.74. The van der Waals surface area contributed by atoms with E-state index in [-0.39, 0.29) is 5.60 Å². The third-order valence-corrected chi connectivity index (χ3v) is 3.04. The van der Waals surface area contributed by atoms with Crippen LogP contribution in [0.25, 0.3) is 0 Å². The summed E-state index contributed by atoms with van der Waals surface area (Å²) >= 11 is 5.79. The van der Waals surface area contributed by atoms with E-state index in [1.54, 1.807) is 30.5 Å². The third-order valence-electron chi connectivity index (χ3n) is 2.79. The quantitative estimate of drug-likeness (QED) is 0.624. The highest BCUT2D eigenvalue weighted by atomic mass is 35.5. The summed E-state index contributed by atoms with van der Waals surface area (Å²) in [5.41, 5.74) is 3.65. The van der Waals surface area contributed by atoms with E-state index >= 15 is 0 Å². The number of hydrogen-bond donors (Lipinski definition) is 2. The normalized spacial score (nSPS) is 11.3. The van der Waals surface area contributed by atoms with Gasteiger partial charge in [-0.2, -0.15) is 5.10 Å². The zero-order chi connectivity index (χ0) is 17.6. The van der Waals surface area contributed by atoms with Crippen molar-refractivity contribution in [1.29, 1.82) is 0 Å². The van der Waals surface area contributed by atoms with Crippen molar-refractivity contribution in [2.75, 3.05) is 5.32 Å². The predicted octanol–water partition coefficient (Wildman–Crippen LogP) is 4.67. The molecule has 0 heterocycles. The Morgan fingerprint density at radius 3 is 2.29 bits per heavy atom. The number of nitrogens with one attached hydrogen (secondary N) is 2. The lowest BCUT2D eigenvalue weighted by Crippen LogP contribution is -2.24. The number of urea groups is 1. The van der Waals surface area contributed by atoms with Crippen molar-refractivity contribution in [2.24, 2.45) is 5.10 Å². The molecule has 0 spiro atoms. The number of rotatable bonds is 4. The van der Waals surface area contributed by atoms with E-state index in [2.05, 4.69) is 15.8 Å². The molecule has 0 saturated heterocycles. The average molecular weight is 346 g/mol. The Kier molecular flexibility index (Phi) is 5.82. The van der Waals surface area contributed by atoms with Gasteiger partial charge in [0, 0.05) is 10.7 Å². The SMILES string of the molecule is CC(C)(C)Oc1ccc(/C=N\NC(=O)Nc2ccc(Cl)cc2)cc1. The van der Waals surface area contributed by atoms with Gasteiger partial charge in [0.15, 0.2) is 0 Å². The lowest BCUT2D eigenvalue weighted by atomic mass is 10.2. The van der Waals surface area contributed by atoms with Crippen LogP contribution in [0.4, 0.5) is 10.5 Å². The van der Waals surface area contributed by atoms with Gasteiger partial charge in [0.05, 0.1) is 6.21 Å². The van der Waals surface area contributed by atoms with Gasteiger partial charge in [0.1, 0.15) is 11.4 Å². The predicted molar refractivity (Wildman–Crippen MR) is 98.0 cm³/mol. The number of carbonyl (C=O) groups is 1. The monoisotopic (exact) mass is 345 g/mol. The fourth-order valence-corrected chi connectivity index (χ4v) is 1.96. The van der Waals surface area contributed by atoms with Crippen molar-refractivity contribution < 1.29 is 9.53 Å². The summed E-state index contributed by atoms with van der Waals surface area (Å²) in [6.07, 6.45) is 1.56. The molecule has 0 aromatic heterocycles. The zero-order valence-corrected chi connectivity index (χ0v) is 14.6. The summed E-state index contributed by atoms with van der Waals surface area (Å²) in [7, 11) is 0. The Morgan fingerprint density at radius 2 is 1.71 bits per heavy atom. The van der Waals surface area contributed by atoms with Gasteiger partial charge in [-0.3, -0.25) is 0 Å². The second-order valence-electron chi connectivity index (χ2n) is 6.11. The lowest BCUT2D eigenvalue weighted by molar-refractivity contribution is 0.131. The first-order valence-corrected chi connectivity index (χ1v) is 7.84. The number of hydrogen-bond acceptors (Lipinski definition) is 3. The molecule has 0 atom stereocenters. The van der Waals surface area contributed by atoms with Crippen molar-refractivity contribution in [3.8, 4) is 5.75 Å². The van der Waals surface area contributed by atoms with Gasteiger partial charge >= 0.3 is 6.03 Å². The number of amides is 2. The van der Waals surface area contributed by atoms with Crippen LogP contribution in [0.2, 0.25) is 5.02 Å². The van der Waals surface area contributed by atoms with E-state index < -0.39 is 6.03 Å². The molecule has 0 radical (unpaired) electrons. The standard InChI is InChI=1S/C18H20ClN3O2/c1-18(2,3)24-16-10-4-13(5-11-16)12-20-22-17(23)21-15-8-6-14(19)7-9-15/h4-12H,1-3H3,(H2,21,22,23)/b20-12-. The minimum atomic E-state index is -0.429. The first-order chi connectivity index (χ1) is 11.3. The molecule has 2 rings (SSSR count). The van der Waals surface area contributed by atoms with Gasteiger partial charge in [-0.1, -0.05) is 11.6 Å². The van der Waals surface area contributed by atoms with Crippen LogP contribution in [0.5, 0.6) is 5.75 Å². The highest BCUT2D eigenvalue weighted by molar-refractivity contribution is 6.30.